The number of carbonyl (C=O) groups is 1. The third-order valence-corrected chi connectivity index (χ3v) is 4.00. The van der Waals surface area contributed by atoms with E-state index in [1.54, 1.807) is 6.07 Å². The molecule has 0 atom stereocenters. The van der Waals surface area contributed by atoms with Crippen molar-refractivity contribution < 1.29 is 23.1 Å². The van der Waals surface area contributed by atoms with Gasteiger partial charge < -0.3 is 9.67 Å². The van der Waals surface area contributed by atoms with Crippen molar-refractivity contribution in [3.05, 3.63) is 52.6 Å². The van der Waals surface area contributed by atoms with Crippen LogP contribution in [0, 0.1) is 0 Å². The number of benzene rings is 1. The first kappa shape index (κ1) is 15.6. The van der Waals surface area contributed by atoms with Crippen molar-refractivity contribution in [3.8, 4) is 0 Å². The van der Waals surface area contributed by atoms with Gasteiger partial charge in [0.25, 0.3) is 0 Å². The second kappa shape index (κ2) is 5.72. The molecule has 1 aromatic heterocycles. The molecule has 0 radical (unpaired) electrons. The van der Waals surface area contributed by atoms with Crippen LogP contribution in [0.3, 0.4) is 0 Å². The predicted octanol–water partition coefficient (Wildman–Crippen LogP) is 3.53. The number of hydrogen-bond donors (Lipinski definition) is 1. The van der Waals surface area contributed by atoms with E-state index in [0.717, 1.165) is 12.8 Å². The van der Waals surface area contributed by atoms with Crippen molar-refractivity contribution in [1.29, 1.82) is 0 Å². The quantitative estimate of drug-likeness (QED) is 0.940. The highest BCUT2D eigenvalue weighted by Gasteiger charge is 2.39. The molecule has 3 rings (SSSR count). The van der Waals surface area contributed by atoms with Gasteiger partial charge in [0.1, 0.15) is 0 Å². The van der Waals surface area contributed by atoms with Crippen LogP contribution in [0.5, 0.6) is 0 Å². The second-order valence-electron chi connectivity index (χ2n) is 5.63. The highest BCUT2D eigenvalue weighted by molar-refractivity contribution is 5.87. The summed E-state index contributed by atoms with van der Waals surface area (Å²) in [6.07, 6.45) is -1.72. The first-order valence-electron chi connectivity index (χ1n) is 7.34. The predicted molar refractivity (Wildman–Crippen MR) is 76.4 cm³/mol. The summed E-state index contributed by atoms with van der Waals surface area (Å²) in [6.45, 7) is -0.0295. The molecule has 0 amide bonds. The lowest BCUT2D eigenvalue weighted by molar-refractivity contribution is -0.147. The zero-order chi connectivity index (χ0) is 16.6. The van der Waals surface area contributed by atoms with Crippen molar-refractivity contribution in [3.63, 3.8) is 0 Å². The molecule has 1 heterocycles. The third-order valence-electron chi connectivity index (χ3n) is 4.00. The number of alkyl halides is 3. The van der Waals surface area contributed by atoms with Crippen LogP contribution in [0.1, 0.15) is 46.0 Å². The molecule has 2 aromatic rings. The first-order chi connectivity index (χ1) is 10.9. The molecule has 0 aliphatic heterocycles. The summed E-state index contributed by atoms with van der Waals surface area (Å²) in [6, 6.07) is 5.98. The minimum atomic E-state index is -4.53. The van der Waals surface area contributed by atoms with Gasteiger partial charge in [0.15, 0.2) is 0 Å². The average Bonchev–Trinajstić information content (AvgIpc) is 2.87. The largest absolute Gasteiger partial charge is 0.478 e. The molecular formula is C16H15F3N2O2. The summed E-state index contributed by atoms with van der Waals surface area (Å²) in [4.78, 5) is 14.8. The maximum absolute atomic E-state index is 13.3. The number of carboxylic acids is 1. The Hall–Kier alpha value is -2.31. The van der Waals surface area contributed by atoms with Crippen LogP contribution in [0.25, 0.3) is 0 Å². The Balaban J connectivity index is 2.03. The Morgan fingerprint density at radius 1 is 1.26 bits per heavy atom. The molecule has 122 valence electrons. The van der Waals surface area contributed by atoms with Crippen LogP contribution in [0.4, 0.5) is 13.2 Å². The number of imidazole rings is 1. The van der Waals surface area contributed by atoms with Crippen molar-refractivity contribution >= 4 is 5.97 Å². The Morgan fingerprint density at radius 2 is 2.00 bits per heavy atom. The Kier molecular flexibility index (Phi) is 3.87. The van der Waals surface area contributed by atoms with Crippen molar-refractivity contribution in [1.82, 2.24) is 9.55 Å². The van der Waals surface area contributed by atoms with Crippen LogP contribution in [0.2, 0.25) is 0 Å². The molecule has 4 nitrogen and oxygen atoms in total. The van der Waals surface area contributed by atoms with Gasteiger partial charge in [0, 0.05) is 12.2 Å². The summed E-state index contributed by atoms with van der Waals surface area (Å²) < 4.78 is 41.0. The highest BCUT2D eigenvalue weighted by atomic mass is 19.4. The van der Waals surface area contributed by atoms with E-state index in [2.05, 4.69) is 4.98 Å². The lowest BCUT2D eigenvalue weighted by Crippen LogP contribution is -2.18. The van der Waals surface area contributed by atoms with Crippen molar-refractivity contribution in [2.24, 2.45) is 0 Å². The molecule has 0 fully saturated rings. The SMILES string of the molecule is O=C(O)c1cccc(Cn2c(C(F)(F)F)nc3c2CCCC3)c1. The standard InChI is InChI=1S/C16H15F3N2O2/c17-16(18,19)15-20-12-6-1-2-7-13(12)21(15)9-10-4-3-5-11(8-10)14(22)23/h3-5,8H,1-2,6-7,9H2,(H,22,23). The van der Waals surface area contributed by atoms with Gasteiger partial charge in [0.2, 0.25) is 5.82 Å². The molecular weight excluding hydrogens is 309 g/mol. The van der Waals surface area contributed by atoms with Crippen LogP contribution in [0.15, 0.2) is 24.3 Å². The smallest absolute Gasteiger partial charge is 0.449 e. The summed E-state index contributed by atoms with van der Waals surface area (Å²) in [7, 11) is 0. The fourth-order valence-corrected chi connectivity index (χ4v) is 2.97. The van der Waals surface area contributed by atoms with Gasteiger partial charge in [-0.2, -0.15) is 13.2 Å². The van der Waals surface area contributed by atoms with Gasteiger partial charge in [0.05, 0.1) is 11.3 Å². The maximum Gasteiger partial charge on any atom is 0.449 e. The van der Waals surface area contributed by atoms with Crippen molar-refractivity contribution in [2.45, 2.75) is 38.4 Å². The van der Waals surface area contributed by atoms with E-state index in [4.69, 9.17) is 5.11 Å². The van der Waals surface area contributed by atoms with Gasteiger partial charge in [-0.15, -0.1) is 0 Å². The summed E-state index contributed by atoms with van der Waals surface area (Å²) in [5.74, 6) is -2.00. The van der Waals surface area contributed by atoms with Crippen molar-refractivity contribution in [2.75, 3.05) is 0 Å². The summed E-state index contributed by atoms with van der Waals surface area (Å²) >= 11 is 0. The summed E-state index contributed by atoms with van der Waals surface area (Å²) in [5, 5.41) is 9.01. The molecule has 7 heteroatoms. The van der Waals surface area contributed by atoms with Crippen LogP contribution < -0.4 is 0 Å². The number of carboxylic acid groups (broad SMARTS) is 1. The van der Waals surface area contributed by atoms with Crippen LogP contribution in [-0.4, -0.2) is 20.6 Å². The van der Waals surface area contributed by atoms with E-state index in [1.165, 1.54) is 22.8 Å². The Morgan fingerprint density at radius 3 is 2.70 bits per heavy atom. The molecule has 0 spiro atoms. The molecule has 1 aliphatic rings. The maximum atomic E-state index is 13.3. The van der Waals surface area contributed by atoms with E-state index in [1.807, 2.05) is 0 Å². The van der Waals surface area contributed by atoms with Crippen LogP contribution in [-0.2, 0) is 25.6 Å². The minimum absolute atomic E-state index is 0.0295. The van der Waals surface area contributed by atoms with Gasteiger partial charge in [-0.1, -0.05) is 12.1 Å². The third kappa shape index (κ3) is 3.09. The van der Waals surface area contributed by atoms with E-state index in [0.29, 0.717) is 29.8 Å². The number of hydrogen-bond acceptors (Lipinski definition) is 2. The number of rotatable bonds is 3. The Labute approximate surface area is 130 Å². The molecule has 0 bridgehead atoms. The van der Waals surface area contributed by atoms with Gasteiger partial charge in [-0.25, -0.2) is 9.78 Å². The number of fused-ring (bicyclic) bond motifs is 1. The first-order valence-corrected chi connectivity index (χ1v) is 7.34. The molecule has 1 aliphatic carbocycles. The monoisotopic (exact) mass is 324 g/mol. The lowest BCUT2D eigenvalue weighted by Gasteiger charge is -2.16. The topological polar surface area (TPSA) is 55.1 Å². The Bertz CT molecular complexity index is 750. The molecule has 1 N–H and O–H groups in total. The van der Waals surface area contributed by atoms with Gasteiger partial charge >= 0.3 is 12.1 Å². The van der Waals surface area contributed by atoms with E-state index in [9.17, 15) is 18.0 Å². The average molecular weight is 324 g/mol. The fourth-order valence-electron chi connectivity index (χ4n) is 2.97. The number of halogens is 3. The number of aromatic nitrogens is 2. The summed E-state index contributed by atoms with van der Waals surface area (Å²) in [5.41, 5.74) is 1.70. The van der Waals surface area contributed by atoms with E-state index < -0.39 is 18.0 Å². The van der Waals surface area contributed by atoms with Crippen LogP contribution >= 0.6 is 0 Å². The number of aryl methyl sites for hydroxylation is 1. The number of nitrogens with zero attached hydrogens (tertiary/aromatic N) is 2. The van der Waals surface area contributed by atoms with E-state index in [-0.39, 0.29) is 12.1 Å². The minimum Gasteiger partial charge on any atom is -0.478 e. The van der Waals surface area contributed by atoms with E-state index >= 15 is 0 Å². The lowest BCUT2D eigenvalue weighted by atomic mass is 10.0. The molecule has 1 aromatic carbocycles. The zero-order valence-electron chi connectivity index (χ0n) is 12.2. The molecule has 0 saturated carbocycles. The van der Waals surface area contributed by atoms with Gasteiger partial charge in [-0.3, -0.25) is 0 Å². The molecule has 0 saturated heterocycles. The zero-order valence-corrected chi connectivity index (χ0v) is 12.2. The highest BCUT2D eigenvalue weighted by Crippen LogP contribution is 2.33. The van der Waals surface area contributed by atoms with Gasteiger partial charge in [-0.05, 0) is 43.4 Å². The molecule has 23 heavy (non-hydrogen) atoms. The second-order valence-corrected chi connectivity index (χ2v) is 5.63. The number of aromatic carboxylic acids is 1. The fraction of sp³-hybridized carbons (Fsp3) is 0.375. The molecule has 0 unspecified atom stereocenters. The normalized spacial score (nSPS) is 14.6.